The molecule has 0 unspecified atom stereocenters. The number of hydrogen-bond donors (Lipinski definition) is 1. The molecule has 3 amide bonds. The summed E-state index contributed by atoms with van der Waals surface area (Å²) in [4.78, 5) is 50.9. The molecule has 4 rings (SSSR count). The van der Waals surface area contributed by atoms with Crippen LogP contribution in [0.3, 0.4) is 0 Å². The molecule has 2 aromatic rings. The molecule has 2 aliphatic heterocycles. The van der Waals surface area contributed by atoms with E-state index >= 15 is 0 Å². The highest BCUT2D eigenvalue weighted by atomic mass is 35.5. The number of carbonyl (C=O) groups excluding carboxylic acids is 4. The summed E-state index contributed by atoms with van der Waals surface area (Å²) in [6.45, 7) is -0.137. The molecule has 1 fully saturated rings. The van der Waals surface area contributed by atoms with Crippen molar-refractivity contribution in [2.24, 2.45) is 0 Å². The maximum atomic E-state index is 12.9. The zero-order valence-electron chi connectivity index (χ0n) is 18.0. The second-order valence-corrected chi connectivity index (χ2v) is 8.34. The van der Waals surface area contributed by atoms with Crippen molar-refractivity contribution < 1.29 is 41.8 Å². The molecule has 1 N–H and O–H groups in total. The zero-order valence-corrected chi connectivity index (χ0v) is 18.7. The van der Waals surface area contributed by atoms with Crippen LogP contribution in [0, 0.1) is 0 Å². The Balaban J connectivity index is 1.38. The van der Waals surface area contributed by atoms with Crippen LogP contribution in [-0.4, -0.2) is 54.5 Å². The van der Waals surface area contributed by atoms with Crippen LogP contribution >= 0.6 is 11.6 Å². The first-order valence-corrected chi connectivity index (χ1v) is 10.9. The number of esters is 1. The average molecular weight is 511 g/mol. The van der Waals surface area contributed by atoms with Crippen LogP contribution in [-0.2, 0) is 20.4 Å². The lowest BCUT2D eigenvalue weighted by Gasteiger charge is -2.17. The van der Waals surface area contributed by atoms with Gasteiger partial charge >= 0.3 is 12.1 Å². The molecule has 1 saturated heterocycles. The Morgan fingerprint density at radius 1 is 1.11 bits per heavy atom. The summed E-state index contributed by atoms with van der Waals surface area (Å²) < 4.78 is 49.0. The molecule has 35 heavy (non-hydrogen) atoms. The smallest absolute Gasteiger partial charge is 0.416 e. The first-order valence-electron chi connectivity index (χ1n) is 10.5. The number of imide groups is 1. The Bertz CT molecular complexity index is 1210. The number of alkyl halides is 3. The van der Waals surface area contributed by atoms with Gasteiger partial charge in [0, 0.05) is 6.61 Å². The van der Waals surface area contributed by atoms with Crippen molar-refractivity contribution in [1.29, 1.82) is 0 Å². The number of ether oxygens (including phenoxy) is 2. The monoisotopic (exact) mass is 510 g/mol. The lowest BCUT2D eigenvalue weighted by molar-refractivity contribution is -0.137. The number of halogens is 4. The van der Waals surface area contributed by atoms with Crippen molar-refractivity contribution in [3.05, 3.63) is 63.7 Å². The van der Waals surface area contributed by atoms with E-state index in [0.29, 0.717) is 12.7 Å². The third-order valence-electron chi connectivity index (χ3n) is 5.52. The van der Waals surface area contributed by atoms with Gasteiger partial charge in [0.1, 0.15) is 0 Å². The predicted molar refractivity (Wildman–Crippen MR) is 116 cm³/mol. The summed E-state index contributed by atoms with van der Waals surface area (Å²) in [6.07, 6.45) is -3.29. The molecule has 2 aliphatic rings. The van der Waals surface area contributed by atoms with Gasteiger partial charge in [-0.3, -0.25) is 19.3 Å². The summed E-state index contributed by atoms with van der Waals surface area (Å²) in [5, 5.41) is 2.03. The summed E-state index contributed by atoms with van der Waals surface area (Å²) in [5.41, 5.74) is -1.21. The Hall–Kier alpha value is -3.44. The minimum Gasteiger partial charge on any atom is -0.452 e. The van der Waals surface area contributed by atoms with Gasteiger partial charge in [0.15, 0.2) is 6.61 Å². The van der Waals surface area contributed by atoms with E-state index in [2.05, 4.69) is 5.32 Å². The third kappa shape index (κ3) is 5.30. The molecule has 2 aromatic carbocycles. The van der Waals surface area contributed by atoms with E-state index in [0.717, 1.165) is 29.9 Å². The summed E-state index contributed by atoms with van der Waals surface area (Å²) in [6, 6.07) is 6.22. The number of nitrogens with one attached hydrogen (secondary N) is 1. The molecule has 0 aromatic heterocycles. The molecule has 1 atom stereocenters. The molecule has 0 radical (unpaired) electrons. The van der Waals surface area contributed by atoms with Crippen LogP contribution in [0.4, 0.5) is 18.9 Å². The topological polar surface area (TPSA) is 102 Å². The minimum absolute atomic E-state index is 0.0302. The standard InChI is InChI=1S/C23H18ClF3N2O6/c24-17-6-4-13(23(25,26)27)9-18(17)28-19(30)11-35-22(33)12-3-5-15-16(8-12)21(32)29(20(15)31)10-14-2-1-7-34-14/h3-6,8-9,14H,1-2,7,10-11H2,(H,28,30)/t14-/m1/s1. The van der Waals surface area contributed by atoms with Gasteiger partial charge in [0.05, 0.1) is 45.6 Å². The van der Waals surface area contributed by atoms with Gasteiger partial charge in [0.25, 0.3) is 17.7 Å². The number of nitrogens with zero attached hydrogens (tertiary/aromatic N) is 1. The summed E-state index contributed by atoms with van der Waals surface area (Å²) in [7, 11) is 0. The maximum Gasteiger partial charge on any atom is 0.416 e. The normalized spacial score (nSPS) is 17.5. The van der Waals surface area contributed by atoms with Gasteiger partial charge < -0.3 is 14.8 Å². The van der Waals surface area contributed by atoms with Crippen LogP contribution in [0.2, 0.25) is 5.02 Å². The first kappa shape index (κ1) is 24.7. The van der Waals surface area contributed by atoms with Gasteiger partial charge in [-0.15, -0.1) is 0 Å². The highest BCUT2D eigenvalue weighted by molar-refractivity contribution is 6.33. The van der Waals surface area contributed by atoms with E-state index in [1.807, 2.05) is 0 Å². The quantitative estimate of drug-likeness (QED) is 0.467. The molecular formula is C23H18ClF3N2O6. The van der Waals surface area contributed by atoms with Crippen molar-refractivity contribution in [3.8, 4) is 0 Å². The zero-order chi connectivity index (χ0) is 25.3. The minimum atomic E-state index is -4.64. The second kappa shape index (κ2) is 9.67. The molecule has 0 spiro atoms. The van der Waals surface area contributed by atoms with Crippen LogP contribution in [0.5, 0.6) is 0 Å². The SMILES string of the molecule is O=C(COC(=O)c1ccc2c(c1)C(=O)N(C[C@H]1CCCO1)C2=O)Nc1cc(C(F)(F)F)ccc1Cl. The predicted octanol–water partition coefficient (Wildman–Crippen LogP) is 3.93. The molecule has 0 saturated carbocycles. The molecule has 8 nitrogen and oxygen atoms in total. The Morgan fingerprint density at radius 3 is 2.54 bits per heavy atom. The van der Waals surface area contributed by atoms with Gasteiger partial charge in [-0.2, -0.15) is 13.2 Å². The Morgan fingerprint density at radius 2 is 1.86 bits per heavy atom. The molecule has 0 aliphatic carbocycles. The summed E-state index contributed by atoms with van der Waals surface area (Å²) in [5.74, 6) is -2.93. The van der Waals surface area contributed by atoms with Gasteiger partial charge in [-0.1, -0.05) is 11.6 Å². The van der Waals surface area contributed by atoms with Crippen molar-refractivity contribution in [1.82, 2.24) is 4.90 Å². The molecule has 0 bridgehead atoms. The fraction of sp³-hybridized carbons (Fsp3) is 0.304. The number of amides is 3. The van der Waals surface area contributed by atoms with E-state index in [4.69, 9.17) is 21.1 Å². The van der Waals surface area contributed by atoms with E-state index in [9.17, 15) is 32.3 Å². The van der Waals surface area contributed by atoms with E-state index in [-0.39, 0.29) is 40.0 Å². The van der Waals surface area contributed by atoms with Gasteiger partial charge in [-0.25, -0.2) is 4.79 Å². The summed E-state index contributed by atoms with van der Waals surface area (Å²) >= 11 is 5.83. The van der Waals surface area contributed by atoms with Crippen LogP contribution in [0.25, 0.3) is 0 Å². The number of benzene rings is 2. The molecule has 2 heterocycles. The van der Waals surface area contributed by atoms with Crippen LogP contribution in [0.15, 0.2) is 36.4 Å². The number of fused-ring (bicyclic) bond motifs is 1. The molecule has 184 valence electrons. The number of carbonyl (C=O) groups is 4. The first-order chi connectivity index (χ1) is 16.5. The van der Waals surface area contributed by atoms with Crippen molar-refractivity contribution in [3.63, 3.8) is 0 Å². The van der Waals surface area contributed by atoms with Gasteiger partial charge in [0.2, 0.25) is 0 Å². The Labute approximate surface area is 201 Å². The number of hydrogen-bond acceptors (Lipinski definition) is 6. The van der Waals surface area contributed by atoms with E-state index in [1.165, 1.54) is 18.2 Å². The largest absolute Gasteiger partial charge is 0.452 e. The lowest BCUT2D eigenvalue weighted by Crippen LogP contribution is -2.36. The lowest BCUT2D eigenvalue weighted by atomic mass is 10.1. The fourth-order valence-corrected chi connectivity index (χ4v) is 3.94. The maximum absolute atomic E-state index is 12.9. The fourth-order valence-electron chi connectivity index (χ4n) is 3.77. The van der Waals surface area contributed by atoms with Gasteiger partial charge in [-0.05, 0) is 49.2 Å². The van der Waals surface area contributed by atoms with E-state index in [1.54, 1.807) is 0 Å². The molecule has 12 heteroatoms. The highest BCUT2D eigenvalue weighted by Crippen LogP contribution is 2.34. The van der Waals surface area contributed by atoms with Crippen LogP contribution < -0.4 is 5.32 Å². The van der Waals surface area contributed by atoms with Crippen LogP contribution in [0.1, 0.15) is 49.5 Å². The third-order valence-corrected chi connectivity index (χ3v) is 5.85. The number of rotatable bonds is 6. The van der Waals surface area contributed by atoms with E-state index < -0.39 is 42.0 Å². The number of anilines is 1. The van der Waals surface area contributed by atoms with Crippen molar-refractivity contribution in [2.45, 2.75) is 25.1 Å². The van der Waals surface area contributed by atoms with Crippen molar-refractivity contribution >= 4 is 41.0 Å². The van der Waals surface area contributed by atoms with Crippen molar-refractivity contribution in [2.75, 3.05) is 25.1 Å². The second-order valence-electron chi connectivity index (χ2n) is 7.93. The average Bonchev–Trinajstić information content (AvgIpc) is 3.41. The highest BCUT2D eigenvalue weighted by Gasteiger charge is 2.38. The Kier molecular flexibility index (Phi) is 6.82. The molecular weight excluding hydrogens is 493 g/mol.